The summed E-state index contributed by atoms with van der Waals surface area (Å²) < 4.78 is 17.7. The molecular weight excluding hydrogens is 469 g/mol. The number of halogens is 1. The van der Waals surface area contributed by atoms with Gasteiger partial charge in [-0.25, -0.2) is 9.37 Å². The number of fused-ring (bicyclic) bond motifs is 1. The Bertz CT molecular complexity index is 1480. The van der Waals surface area contributed by atoms with E-state index < -0.39 is 0 Å². The van der Waals surface area contributed by atoms with E-state index in [1.54, 1.807) is 6.08 Å². The summed E-state index contributed by atoms with van der Waals surface area (Å²) in [6, 6.07) is 34.8. The zero-order chi connectivity index (χ0) is 26.2. The van der Waals surface area contributed by atoms with Crippen molar-refractivity contribution < 1.29 is 4.39 Å². The van der Waals surface area contributed by atoms with Crippen molar-refractivity contribution in [3.05, 3.63) is 132 Å². The number of benzene rings is 4. The first-order valence-electron chi connectivity index (χ1n) is 13.4. The van der Waals surface area contributed by atoms with Crippen LogP contribution < -0.4 is 0 Å². The fourth-order valence-corrected chi connectivity index (χ4v) is 4.98. The minimum Gasteiger partial charge on any atom is -0.327 e. The maximum atomic E-state index is 15.4. The maximum Gasteiger partial charge on any atom is 0.140 e. The highest BCUT2D eigenvalue weighted by Gasteiger charge is 2.17. The molecule has 0 saturated carbocycles. The molecule has 1 aromatic heterocycles. The van der Waals surface area contributed by atoms with Crippen LogP contribution in [-0.4, -0.2) is 21.0 Å². The second kappa shape index (κ2) is 12.5. The molecule has 4 heteroatoms. The lowest BCUT2D eigenvalue weighted by atomic mass is 10.0. The molecule has 0 N–H and O–H groups in total. The molecule has 0 radical (unpaired) electrons. The van der Waals surface area contributed by atoms with Gasteiger partial charge in [0.2, 0.25) is 0 Å². The molecule has 38 heavy (non-hydrogen) atoms. The quantitative estimate of drug-likeness (QED) is 0.180. The van der Waals surface area contributed by atoms with Gasteiger partial charge >= 0.3 is 0 Å². The monoisotopic (exact) mass is 503 g/mol. The third-order valence-corrected chi connectivity index (χ3v) is 6.86. The zero-order valence-electron chi connectivity index (χ0n) is 21.9. The molecule has 0 aliphatic heterocycles. The van der Waals surface area contributed by atoms with Crippen LogP contribution >= 0.6 is 0 Å². The van der Waals surface area contributed by atoms with Crippen molar-refractivity contribution >= 4 is 16.8 Å². The Hall–Kier alpha value is -4.02. The second-order valence-electron chi connectivity index (χ2n) is 9.73. The van der Waals surface area contributed by atoms with Gasteiger partial charge < -0.3 is 4.57 Å². The van der Waals surface area contributed by atoms with Gasteiger partial charge in [-0.2, -0.15) is 0 Å². The van der Waals surface area contributed by atoms with Crippen LogP contribution in [0, 0.1) is 0 Å². The number of hydrogen-bond acceptors (Lipinski definition) is 2. The van der Waals surface area contributed by atoms with E-state index in [0.29, 0.717) is 13.1 Å². The molecule has 0 unspecified atom stereocenters. The van der Waals surface area contributed by atoms with Gasteiger partial charge in [-0.15, -0.1) is 0 Å². The Morgan fingerprint density at radius 2 is 1.55 bits per heavy atom. The van der Waals surface area contributed by atoms with Crippen LogP contribution in [-0.2, 0) is 19.6 Å². The molecule has 3 nitrogen and oxygen atoms in total. The van der Waals surface area contributed by atoms with Crippen molar-refractivity contribution in [3.63, 3.8) is 0 Å². The fourth-order valence-electron chi connectivity index (χ4n) is 4.98. The predicted molar refractivity (Wildman–Crippen MR) is 156 cm³/mol. The van der Waals surface area contributed by atoms with Crippen LogP contribution in [0.15, 0.2) is 115 Å². The van der Waals surface area contributed by atoms with Crippen LogP contribution in [0.4, 0.5) is 4.39 Å². The minimum absolute atomic E-state index is 0.153. The number of imidazole rings is 1. The molecule has 1 heterocycles. The van der Waals surface area contributed by atoms with Gasteiger partial charge in [-0.05, 0) is 34.4 Å². The van der Waals surface area contributed by atoms with Crippen molar-refractivity contribution in [1.29, 1.82) is 0 Å². The molecule has 5 aromatic rings. The molecule has 0 saturated heterocycles. The lowest BCUT2D eigenvalue weighted by Crippen LogP contribution is -2.26. The average Bonchev–Trinajstić information content (AvgIpc) is 3.35. The van der Waals surface area contributed by atoms with E-state index in [0.717, 1.165) is 42.0 Å². The lowest BCUT2D eigenvalue weighted by molar-refractivity contribution is 0.256. The van der Waals surface area contributed by atoms with Crippen LogP contribution in [0.1, 0.15) is 36.6 Å². The van der Waals surface area contributed by atoms with Gasteiger partial charge in [0.1, 0.15) is 11.7 Å². The second-order valence-corrected chi connectivity index (χ2v) is 9.73. The topological polar surface area (TPSA) is 21.1 Å². The summed E-state index contributed by atoms with van der Waals surface area (Å²) in [5, 5.41) is 2.40. The van der Waals surface area contributed by atoms with E-state index in [1.807, 2.05) is 54.7 Å². The molecule has 4 aromatic carbocycles. The summed E-state index contributed by atoms with van der Waals surface area (Å²) in [6.45, 7) is 4.55. The Kier molecular flexibility index (Phi) is 8.42. The van der Waals surface area contributed by atoms with Crippen molar-refractivity contribution in [2.75, 3.05) is 6.54 Å². The predicted octanol–water partition coefficient (Wildman–Crippen LogP) is 8.52. The fraction of sp³-hybridized carbons (Fsp3) is 0.206. The first kappa shape index (κ1) is 25.6. The van der Waals surface area contributed by atoms with Crippen LogP contribution in [0.3, 0.4) is 0 Å². The van der Waals surface area contributed by atoms with Gasteiger partial charge in [0.05, 0.1) is 18.4 Å². The van der Waals surface area contributed by atoms with Crippen molar-refractivity contribution in [2.24, 2.45) is 0 Å². The standard InChI is InChI=1S/C34H34FN3/c1-2-3-21-38-32(23-36-34(38)29-16-8-5-9-17-29)26-37(25-31(35)22-27-13-6-4-7-14-27)24-30-19-12-18-28-15-10-11-20-33(28)30/h4-20,22-23H,2-3,21,24-26H2,1H3/b31-22-. The van der Waals surface area contributed by atoms with Crippen LogP contribution in [0.5, 0.6) is 0 Å². The Morgan fingerprint density at radius 3 is 2.34 bits per heavy atom. The van der Waals surface area contributed by atoms with E-state index in [-0.39, 0.29) is 12.4 Å². The highest BCUT2D eigenvalue weighted by Crippen LogP contribution is 2.25. The van der Waals surface area contributed by atoms with Gasteiger partial charge in [-0.1, -0.05) is 116 Å². The smallest absolute Gasteiger partial charge is 0.140 e. The highest BCUT2D eigenvalue weighted by atomic mass is 19.1. The van der Waals surface area contributed by atoms with Gasteiger partial charge in [0.15, 0.2) is 0 Å². The number of unbranched alkanes of at least 4 members (excludes halogenated alkanes) is 1. The summed E-state index contributed by atoms with van der Waals surface area (Å²) in [5.41, 5.74) is 4.27. The van der Waals surface area contributed by atoms with Gasteiger partial charge in [0, 0.05) is 25.2 Å². The third kappa shape index (κ3) is 6.27. The summed E-state index contributed by atoms with van der Waals surface area (Å²) in [4.78, 5) is 7.01. The maximum absolute atomic E-state index is 15.4. The summed E-state index contributed by atoms with van der Waals surface area (Å²) in [6.07, 6.45) is 5.77. The van der Waals surface area contributed by atoms with Crippen LogP contribution in [0.25, 0.3) is 28.2 Å². The Labute approximate surface area is 224 Å². The third-order valence-electron chi connectivity index (χ3n) is 6.86. The van der Waals surface area contributed by atoms with Gasteiger partial charge in [-0.3, -0.25) is 4.90 Å². The molecule has 5 rings (SSSR count). The minimum atomic E-state index is -0.153. The molecule has 0 fully saturated rings. The largest absolute Gasteiger partial charge is 0.327 e. The van der Waals surface area contributed by atoms with Crippen molar-refractivity contribution in [2.45, 2.75) is 39.4 Å². The van der Waals surface area contributed by atoms with E-state index >= 15 is 4.39 Å². The lowest BCUT2D eigenvalue weighted by Gasteiger charge is -2.24. The SMILES string of the molecule is CCCCn1c(CN(C/C(F)=C/c2ccccc2)Cc2cccc3ccccc23)cnc1-c1ccccc1. The summed E-state index contributed by atoms with van der Waals surface area (Å²) in [7, 11) is 0. The Balaban J connectivity index is 1.48. The van der Waals surface area contributed by atoms with E-state index in [4.69, 9.17) is 4.98 Å². The average molecular weight is 504 g/mol. The van der Waals surface area contributed by atoms with Crippen LogP contribution in [0.2, 0.25) is 0 Å². The molecule has 0 aliphatic carbocycles. The normalized spacial score (nSPS) is 11.9. The summed E-state index contributed by atoms with van der Waals surface area (Å²) >= 11 is 0. The molecular formula is C34H34FN3. The number of nitrogens with zero attached hydrogens (tertiary/aromatic N) is 3. The Morgan fingerprint density at radius 1 is 0.842 bits per heavy atom. The van der Waals surface area contributed by atoms with Gasteiger partial charge in [0.25, 0.3) is 0 Å². The molecule has 0 bridgehead atoms. The van der Waals surface area contributed by atoms with Crippen molar-refractivity contribution in [3.8, 4) is 11.4 Å². The van der Waals surface area contributed by atoms with E-state index in [9.17, 15) is 0 Å². The zero-order valence-corrected chi connectivity index (χ0v) is 21.9. The molecule has 0 spiro atoms. The molecule has 0 atom stereocenters. The molecule has 0 amide bonds. The molecule has 0 aliphatic rings. The summed E-state index contributed by atoms with van der Waals surface area (Å²) in [5.74, 6) is 0.818. The first-order chi connectivity index (χ1) is 18.7. The number of rotatable bonds is 11. The molecule has 192 valence electrons. The highest BCUT2D eigenvalue weighted by molar-refractivity contribution is 5.85. The van der Waals surface area contributed by atoms with Crippen molar-refractivity contribution in [1.82, 2.24) is 14.5 Å². The van der Waals surface area contributed by atoms with E-state index in [1.165, 1.54) is 16.3 Å². The number of hydrogen-bond donors (Lipinski definition) is 0. The van der Waals surface area contributed by atoms with E-state index in [2.05, 4.69) is 71.0 Å². The number of aromatic nitrogens is 2. The first-order valence-corrected chi connectivity index (χ1v) is 13.4.